The molecule has 10 heavy (non-hydrogen) atoms. The van der Waals surface area contributed by atoms with Gasteiger partial charge in [-0.2, -0.15) is 0 Å². The molecule has 0 aliphatic carbocycles. The molecule has 0 heterocycles. The third-order valence-corrected chi connectivity index (χ3v) is 1.95. The van der Waals surface area contributed by atoms with Gasteiger partial charge in [0.1, 0.15) is 0 Å². The standard InChI is InChI=1S/C7H7AsO2/c8-4-5-3-6(9)1-2-7(5)10/h1-3,9-10H,4H2. The second-order valence-corrected chi connectivity index (χ2v) is 2.63. The molecule has 52 valence electrons. The molecule has 2 N–H and O–H groups in total. The second-order valence-electron chi connectivity index (χ2n) is 1.97. The van der Waals surface area contributed by atoms with E-state index in [9.17, 15) is 0 Å². The molecule has 0 atom stereocenters. The van der Waals surface area contributed by atoms with Gasteiger partial charge >= 0.3 is 67.5 Å². The summed E-state index contributed by atoms with van der Waals surface area (Å²) >= 11 is 2.34. The number of hydrogen-bond donors (Lipinski definition) is 2. The molecule has 2 radical (unpaired) electrons. The first kappa shape index (κ1) is 7.49. The summed E-state index contributed by atoms with van der Waals surface area (Å²) in [6.45, 7) is 0. The first-order chi connectivity index (χ1) is 4.74. The van der Waals surface area contributed by atoms with Crippen LogP contribution in [0.1, 0.15) is 5.56 Å². The van der Waals surface area contributed by atoms with E-state index in [4.69, 9.17) is 10.2 Å². The van der Waals surface area contributed by atoms with Gasteiger partial charge in [-0.15, -0.1) is 0 Å². The van der Waals surface area contributed by atoms with Crippen molar-refractivity contribution in [2.45, 2.75) is 5.21 Å². The molecule has 0 aliphatic rings. The van der Waals surface area contributed by atoms with Crippen LogP contribution in [0, 0.1) is 0 Å². The Labute approximate surface area is 68.0 Å². The molecule has 0 saturated carbocycles. The maximum absolute atomic E-state index is 9.11. The van der Waals surface area contributed by atoms with E-state index in [2.05, 4.69) is 16.9 Å². The van der Waals surface area contributed by atoms with Crippen molar-refractivity contribution in [1.29, 1.82) is 0 Å². The summed E-state index contributed by atoms with van der Waals surface area (Å²) in [5.74, 6) is 0.428. The van der Waals surface area contributed by atoms with Gasteiger partial charge in [-0.1, -0.05) is 0 Å². The minimum atomic E-state index is 0.193. The summed E-state index contributed by atoms with van der Waals surface area (Å²) in [5.41, 5.74) is 0.750. The summed E-state index contributed by atoms with van der Waals surface area (Å²) in [6, 6.07) is 4.49. The van der Waals surface area contributed by atoms with E-state index in [-0.39, 0.29) is 11.5 Å². The number of phenolic OH excluding ortho intramolecular Hbond substituents is 2. The first-order valence-electron chi connectivity index (χ1n) is 2.86. The van der Waals surface area contributed by atoms with E-state index in [1.54, 1.807) is 6.07 Å². The third kappa shape index (κ3) is 1.45. The molecule has 0 aromatic heterocycles. The van der Waals surface area contributed by atoms with Gasteiger partial charge < -0.3 is 0 Å². The van der Waals surface area contributed by atoms with E-state index in [1.165, 1.54) is 12.1 Å². The number of benzene rings is 1. The quantitative estimate of drug-likeness (QED) is 0.516. The zero-order valence-corrected chi connectivity index (χ0v) is 7.16. The predicted octanol–water partition coefficient (Wildman–Crippen LogP) is 0.766. The van der Waals surface area contributed by atoms with E-state index in [0.717, 1.165) is 5.56 Å². The molecule has 0 amide bonds. The molecule has 0 saturated heterocycles. The van der Waals surface area contributed by atoms with Gasteiger partial charge in [0.25, 0.3) is 0 Å². The molecule has 0 fully saturated rings. The Hall–Kier alpha value is -0.622. The van der Waals surface area contributed by atoms with Gasteiger partial charge in [-0.3, -0.25) is 0 Å². The summed E-state index contributed by atoms with van der Waals surface area (Å²) in [4.78, 5) is 0. The normalized spacial score (nSPS) is 9.70. The Balaban J connectivity index is 3.09. The monoisotopic (exact) mass is 198 g/mol. The molecule has 1 rings (SSSR count). The van der Waals surface area contributed by atoms with Crippen LogP contribution >= 0.6 is 0 Å². The van der Waals surface area contributed by atoms with Crippen LogP contribution in [0.25, 0.3) is 0 Å². The van der Waals surface area contributed by atoms with E-state index >= 15 is 0 Å². The average Bonchev–Trinajstić information content (AvgIpc) is 1.94. The molecular weight excluding hydrogens is 191 g/mol. The zero-order valence-electron chi connectivity index (χ0n) is 5.28. The summed E-state index contributed by atoms with van der Waals surface area (Å²) < 4.78 is 0. The van der Waals surface area contributed by atoms with Crippen LogP contribution in [0.5, 0.6) is 11.5 Å². The number of phenols is 2. The van der Waals surface area contributed by atoms with Crippen LogP contribution in [0.4, 0.5) is 0 Å². The molecule has 2 nitrogen and oxygen atoms in total. The number of rotatable bonds is 1. The minimum absolute atomic E-state index is 0.193. The van der Waals surface area contributed by atoms with Crippen molar-refractivity contribution in [3.05, 3.63) is 23.8 Å². The van der Waals surface area contributed by atoms with Crippen molar-refractivity contribution < 1.29 is 10.2 Å². The van der Waals surface area contributed by atoms with Crippen LogP contribution in [-0.4, -0.2) is 27.1 Å². The SMILES string of the molecule is Oc1ccc(O)c(C[As])c1. The van der Waals surface area contributed by atoms with Gasteiger partial charge in [-0.25, -0.2) is 0 Å². The molecule has 0 unspecified atom stereocenters. The van der Waals surface area contributed by atoms with Gasteiger partial charge in [0, 0.05) is 0 Å². The first-order valence-corrected chi connectivity index (χ1v) is 4.18. The summed E-state index contributed by atoms with van der Waals surface area (Å²) in [6.07, 6.45) is 0. The van der Waals surface area contributed by atoms with Crippen molar-refractivity contribution in [3.63, 3.8) is 0 Å². The van der Waals surface area contributed by atoms with Crippen LogP contribution in [0.3, 0.4) is 0 Å². The topological polar surface area (TPSA) is 40.5 Å². The van der Waals surface area contributed by atoms with Crippen molar-refractivity contribution >= 4 is 16.9 Å². The van der Waals surface area contributed by atoms with Crippen LogP contribution < -0.4 is 0 Å². The van der Waals surface area contributed by atoms with E-state index in [1.807, 2.05) is 0 Å². The molecule has 0 spiro atoms. The third-order valence-electron chi connectivity index (χ3n) is 1.23. The van der Waals surface area contributed by atoms with Crippen LogP contribution in [0.15, 0.2) is 18.2 Å². The maximum atomic E-state index is 9.11. The molecule has 0 aliphatic heterocycles. The second kappa shape index (κ2) is 2.98. The molecule has 1 aromatic rings. The fourth-order valence-corrected chi connectivity index (χ4v) is 1.23. The fourth-order valence-electron chi connectivity index (χ4n) is 0.699. The van der Waals surface area contributed by atoms with Crippen LogP contribution in [0.2, 0.25) is 0 Å². The Bertz CT molecular complexity index is 235. The Morgan fingerprint density at radius 3 is 2.50 bits per heavy atom. The molecular formula is C7H7AsO2. The Morgan fingerprint density at radius 1 is 1.30 bits per heavy atom. The van der Waals surface area contributed by atoms with Gasteiger partial charge in [0.15, 0.2) is 0 Å². The van der Waals surface area contributed by atoms with Crippen molar-refractivity contribution in [1.82, 2.24) is 0 Å². The zero-order chi connectivity index (χ0) is 7.56. The molecule has 1 aromatic carbocycles. The fraction of sp³-hybridized carbons (Fsp3) is 0.143. The van der Waals surface area contributed by atoms with Crippen molar-refractivity contribution in [2.75, 3.05) is 0 Å². The Kier molecular flexibility index (Phi) is 2.23. The number of aromatic hydroxyl groups is 2. The van der Waals surface area contributed by atoms with Crippen molar-refractivity contribution in [2.24, 2.45) is 0 Å². The molecule has 3 heteroatoms. The van der Waals surface area contributed by atoms with Gasteiger partial charge in [-0.05, 0) is 0 Å². The van der Waals surface area contributed by atoms with E-state index < -0.39 is 0 Å². The summed E-state index contributed by atoms with van der Waals surface area (Å²) in [5, 5.41) is 18.7. The molecule has 0 bridgehead atoms. The predicted molar refractivity (Wildman–Crippen MR) is 39.2 cm³/mol. The summed E-state index contributed by atoms with van der Waals surface area (Å²) in [7, 11) is 0. The Morgan fingerprint density at radius 2 is 2.00 bits per heavy atom. The van der Waals surface area contributed by atoms with Gasteiger partial charge in [0.2, 0.25) is 0 Å². The van der Waals surface area contributed by atoms with Crippen LogP contribution in [-0.2, 0) is 5.21 Å². The van der Waals surface area contributed by atoms with Gasteiger partial charge in [0.05, 0.1) is 0 Å². The number of hydrogen-bond acceptors (Lipinski definition) is 2. The average molecular weight is 198 g/mol. The van der Waals surface area contributed by atoms with Crippen molar-refractivity contribution in [3.8, 4) is 11.5 Å². The van der Waals surface area contributed by atoms with E-state index in [0.29, 0.717) is 5.21 Å².